The van der Waals surface area contributed by atoms with Crippen molar-refractivity contribution in [1.29, 1.82) is 0 Å². The van der Waals surface area contributed by atoms with Crippen molar-refractivity contribution in [2.75, 3.05) is 0 Å². The maximum absolute atomic E-state index is 12.4. The number of carbonyl (C=O) groups excluding carboxylic acids is 1. The quantitative estimate of drug-likeness (QED) is 0.523. The summed E-state index contributed by atoms with van der Waals surface area (Å²) in [6, 6.07) is 8.64. The molecular weight excluding hydrogens is 352 g/mol. The molecule has 1 fully saturated rings. The van der Waals surface area contributed by atoms with Gasteiger partial charge in [-0.3, -0.25) is 4.79 Å². The molecule has 1 aliphatic carbocycles. The summed E-state index contributed by atoms with van der Waals surface area (Å²) in [6.07, 6.45) is 6.33. The van der Waals surface area contributed by atoms with Gasteiger partial charge in [0.25, 0.3) is 0 Å². The molecule has 1 aromatic rings. The van der Waals surface area contributed by atoms with E-state index in [1.807, 2.05) is 20.8 Å². The Hall–Kier alpha value is -0.830. The van der Waals surface area contributed by atoms with Gasteiger partial charge in [-0.15, -0.1) is 0 Å². The summed E-state index contributed by atoms with van der Waals surface area (Å²) < 4.78 is 6.73. The Morgan fingerprint density at radius 3 is 2.35 bits per heavy atom. The van der Waals surface area contributed by atoms with Crippen LogP contribution in [0.2, 0.25) is 0 Å². The fraction of sp³-hybridized carbons (Fsp3) is 0.650. The Labute approximate surface area is 149 Å². The van der Waals surface area contributed by atoms with Crippen LogP contribution < -0.4 is 0 Å². The third-order valence-electron chi connectivity index (χ3n) is 4.73. The molecule has 1 aromatic carbocycles. The second kappa shape index (κ2) is 7.38. The average molecular weight is 381 g/mol. The zero-order chi connectivity index (χ0) is 17.1. The van der Waals surface area contributed by atoms with Gasteiger partial charge in [-0.05, 0) is 76.5 Å². The van der Waals surface area contributed by atoms with Crippen LogP contribution in [0, 0.1) is 5.41 Å². The average Bonchev–Trinajstić information content (AvgIpc) is 3.24. The number of hydrogen-bond donors (Lipinski definition) is 0. The van der Waals surface area contributed by atoms with Crippen LogP contribution in [0.3, 0.4) is 0 Å². The number of esters is 1. The minimum atomic E-state index is -0.379. The summed E-state index contributed by atoms with van der Waals surface area (Å²) in [5.41, 5.74) is 0.847. The van der Waals surface area contributed by atoms with E-state index < -0.39 is 0 Å². The smallest absolute Gasteiger partial charge is 0.312 e. The number of hydrogen-bond acceptors (Lipinski definition) is 2. The van der Waals surface area contributed by atoms with Gasteiger partial charge in [0, 0.05) is 4.47 Å². The zero-order valence-electron chi connectivity index (χ0n) is 14.8. The van der Waals surface area contributed by atoms with E-state index in [2.05, 4.69) is 47.1 Å². The molecule has 0 spiro atoms. The lowest BCUT2D eigenvalue weighted by molar-refractivity contribution is -0.162. The van der Waals surface area contributed by atoms with E-state index in [4.69, 9.17) is 4.74 Å². The summed E-state index contributed by atoms with van der Waals surface area (Å²) in [6.45, 7) is 8.08. The van der Waals surface area contributed by atoms with Crippen LogP contribution in [0.4, 0.5) is 0 Å². The van der Waals surface area contributed by atoms with Crippen molar-refractivity contribution in [3.63, 3.8) is 0 Å². The Morgan fingerprint density at radius 1 is 1.26 bits per heavy atom. The number of benzene rings is 1. The molecule has 0 saturated heterocycles. The molecule has 0 aliphatic heterocycles. The summed E-state index contributed by atoms with van der Waals surface area (Å²) in [4.78, 5) is 12.4. The molecule has 0 bridgehead atoms. The van der Waals surface area contributed by atoms with Crippen LogP contribution >= 0.6 is 15.9 Å². The molecule has 1 aliphatic rings. The highest BCUT2D eigenvalue weighted by molar-refractivity contribution is 9.10. The first-order valence-corrected chi connectivity index (χ1v) is 9.54. The van der Waals surface area contributed by atoms with Crippen LogP contribution in [0.1, 0.15) is 77.7 Å². The Balaban J connectivity index is 1.86. The van der Waals surface area contributed by atoms with Crippen molar-refractivity contribution in [2.45, 2.75) is 77.7 Å². The second-order valence-corrected chi connectivity index (χ2v) is 8.75. The molecule has 1 saturated carbocycles. The van der Waals surface area contributed by atoms with Gasteiger partial charge in [-0.1, -0.05) is 41.4 Å². The predicted octanol–water partition coefficient (Wildman–Crippen LogP) is 6.23. The highest BCUT2D eigenvalue weighted by atomic mass is 79.9. The summed E-state index contributed by atoms with van der Waals surface area (Å²) in [5.74, 6) is 0.597. The third-order valence-corrected chi connectivity index (χ3v) is 5.26. The molecule has 0 aromatic heterocycles. The fourth-order valence-corrected chi connectivity index (χ4v) is 3.39. The zero-order valence-corrected chi connectivity index (χ0v) is 16.4. The Morgan fingerprint density at radius 2 is 1.87 bits per heavy atom. The highest BCUT2D eigenvalue weighted by Gasteiger charge is 2.51. The first-order valence-electron chi connectivity index (χ1n) is 8.75. The summed E-state index contributed by atoms with van der Waals surface area (Å²) in [7, 11) is 0. The molecule has 3 heteroatoms. The predicted molar refractivity (Wildman–Crippen MR) is 98.5 cm³/mol. The molecule has 128 valence electrons. The van der Waals surface area contributed by atoms with E-state index in [9.17, 15) is 4.79 Å². The van der Waals surface area contributed by atoms with E-state index in [0.29, 0.717) is 5.92 Å². The normalized spacial score (nSPS) is 17.6. The van der Waals surface area contributed by atoms with Gasteiger partial charge in [0.1, 0.15) is 5.60 Å². The van der Waals surface area contributed by atoms with Gasteiger partial charge >= 0.3 is 5.97 Å². The SMILES string of the molecule is CCC(CCCC1(C(=O)OC(C)(C)C)CC1)c1ccc(Br)cc1. The van der Waals surface area contributed by atoms with E-state index >= 15 is 0 Å². The topological polar surface area (TPSA) is 26.3 Å². The molecule has 0 N–H and O–H groups in total. The third kappa shape index (κ3) is 5.34. The van der Waals surface area contributed by atoms with Gasteiger partial charge in [-0.25, -0.2) is 0 Å². The van der Waals surface area contributed by atoms with Crippen LogP contribution in [0.5, 0.6) is 0 Å². The van der Waals surface area contributed by atoms with Gasteiger partial charge < -0.3 is 4.74 Å². The van der Waals surface area contributed by atoms with E-state index in [-0.39, 0.29) is 17.0 Å². The van der Waals surface area contributed by atoms with Crippen molar-refractivity contribution < 1.29 is 9.53 Å². The number of ether oxygens (including phenoxy) is 1. The number of carbonyl (C=O) groups is 1. The van der Waals surface area contributed by atoms with Crippen molar-refractivity contribution >= 4 is 21.9 Å². The molecule has 0 heterocycles. The Bertz CT molecular complexity index is 524. The summed E-state index contributed by atoms with van der Waals surface area (Å²) in [5, 5.41) is 0. The lowest BCUT2D eigenvalue weighted by atomic mass is 9.88. The maximum Gasteiger partial charge on any atom is 0.312 e. The molecule has 1 atom stereocenters. The standard InChI is InChI=1S/C20H29BrO2/c1-5-15(16-8-10-17(21)11-9-16)7-6-12-20(13-14-20)18(22)23-19(2,3)4/h8-11,15H,5-7,12-14H2,1-4H3. The van der Waals surface area contributed by atoms with Crippen LogP contribution in [0.25, 0.3) is 0 Å². The van der Waals surface area contributed by atoms with E-state index in [1.54, 1.807) is 0 Å². The molecule has 0 amide bonds. The van der Waals surface area contributed by atoms with Gasteiger partial charge in [0.2, 0.25) is 0 Å². The fourth-order valence-electron chi connectivity index (χ4n) is 3.12. The largest absolute Gasteiger partial charge is 0.460 e. The lowest BCUT2D eigenvalue weighted by Crippen LogP contribution is -2.29. The molecule has 23 heavy (non-hydrogen) atoms. The second-order valence-electron chi connectivity index (χ2n) is 7.83. The summed E-state index contributed by atoms with van der Waals surface area (Å²) >= 11 is 3.49. The molecular formula is C20H29BrO2. The van der Waals surface area contributed by atoms with Crippen molar-refractivity contribution in [2.24, 2.45) is 5.41 Å². The minimum absolute atomic E-state index is 0.0155. The number of halogens is 1. The molecule has 2 rings (SSSR count). The van der Waals surface area contributed by atoms with Crippen molar-refractivity contribution in [3.05, 3.63) is 34.3 Å². The minimum Gasteiger partial charge on any atom is -0.460 e. The van der Waals surface area contributed by atoms with Crippen LogP contribution in [-0.4, -0.2) is 11.6 Å². The maximum atomic E-state index is 12.4. The monoisotopic (exact) mass is 380 g/mol. The van der Waals surface area contributed by atoms with Gasteiger partial charge in [-0.2, -0.15) is 0 Å². The first-order chi connectivity index (χ1) is 10.8. The number of rotatable bonds is 7. The highest BCUT2D eigenvalue weighted by Crippen LogP contribution is 2.52. The van der Waals surface area contributed by atoms with Crippen molar-refractivity contribution in [1.82, 2.24) is 0 Å². The van der Waals surface area contributed by atoms with E-state index in [1.165, 1.54) is 5.56 Å². The molecule has 0 radical (unpaired) electrons. The van der Waals surface area contributed by atoms with Gasteiger partial charge in [0.15, 0.2) is 0 Å². The van der Waals surface area contributed by atoms with Crippen LogP contribution in [-0.2, 0) is 9.53 Å². The Kier molecular flexibility index (Phi) is 5.94. The lowest BCUT2D eigenvalue weighted by Gasteiger charge is -2.24. The first kappa shape index (κ1) is 18.5. The van der Waals surface area contributed by atoms with Crippen LogP contribution in [0.15, 0.2) is 28.7 Å². The van der Waals surface area contributed by atoms with Gasteiger partial charge in [0.05, 0.1) is 5.41 Å². The molecule has 2 nitrogen and oxygen atoms in total. The van der Waals surface area contributed by atoms with Crippen molar-refractivity contribution in [3.8, 4) is 0 Å². The molecule has 1 unspecified atom stereocenters. The van der Waals surface area contributed by atoms with E-state index in [0.717, 1.165) is 43.0 Å².